The number of furan rings is 1. The number of fused-ring (bicyclic) bond motifs is 1. The second kappa shape index (κ2) is 3.49. The van der Waals surface area contributed by atoms with Crippen molar-refractivity contribution in [1.82, 2.24) is 0 Å². The Labute approximate surface area is 85.6 Å². The number of hydrogen-bond acceptors (Lipinski definition) is 3. The summed E-state index contributed by atoms with van der Waals surface area (Å²) in [5.74, 6) is 0.0104. The van der Waals surface area contributed by atoms with Crippen LogP contribution in [0.1, 0.15) is 5.76 Å². The summed E-state index contributed by atoms with van der Waals surface area (Å²) >= 11 is 0. The van der Waals surface area contributed by atoms with Crippen LogP contribution >= 0.6 is 0 Å². The average molecular weight is 203 g/mol. The van der Waals surface area contributed by atoms with E-state index >= 15 is 0 Å². The highest BCUT2D eigenvalue weighted by atomic mass is 16.4. The largest absolute Gasteiger partial charge is 0.504 e. The topological polar surface area (TPSA) is 76.5 Å². The number of carbonyl (C=O) groups is 1. The standard InChI is InChI=1S/C11H9NO3/c12-10(14)5-4-8-6-7-2-1-3-9(13)11(7)15-8/h1-6,13H,(H2,12,14)/b5-4+. The molecule has 0 radical (unpaired) electrons. The lowest BCUT2D eigenvalue weighted by molar-refractivity contribution is -0.113. The lowest BCUT2D eigenvalue weighted by atomic mass is 10.2. The minimum absolute atomic E-state index is 0.0752. The first-order valence-corrected chi connectivity index (χ1v) is 4.36. The monoisotopic (exact) mass is 203 g/mol. The number of aromatic hydroxyl groups is 1. The second-order valence-electron chi connectivity index (χ2n) is 3.08. The molecule has 1 aromatic heterocycles. The van der Waals surface area contributed by atoms with E-state index in [1.54, 1.807) is 18.2 Å². The minimum Gasteiger partial charge on any atom is -0.504 e. The number of rotatable bonds is 2. The Bertz CT molecular complexity index is 540. The first kappa shape index (κ1) is 9.33. The molecular formula is C11H9NO3. The van der Waals surface area contributed by atoms with Crippen LogP contribution in [-0.4, -0.2) is 11.0 Å². The van der Waals surface area contributed by atoms with Gasteiger partial charge < -0.3 is 15.3 Å². The van der Waals surface area contributed by atoms with E-state index in [9.17, 15) is 9.90 Å². The summed E-state index contributed by atoms with van der Waals surface area (Å²) in [5.41, 5.74) is 5.35. The molecule has 3 N–H and O–H groups in total. The predicted molar refractivity (Wildman–Crippen MR) is 56.1 cm³/mol. The molecule has 0 unspecified atom stereocenters. The van der Waals surface area contributed by atoms with Crippen molar-refractivity contribution in [3.63, 3.8) is 0 Å². The molecule has 0 fully saturated rings. The summed E-state index contributed by atoms with van der Waals surface area (Å²) in [6.45, 7) is 0. The summed E-state index contributed by atoms with van der Waals surface area (Å²) in [5, 5.41) is 10.2. The van der Waals surface area contributed by atoms with Gasteiger partial charge in [-0.2, -0.15) is 0 Å². The fourth-order valence-corrected chi connectivity index (χ4v) is 1.31. The van der Waals surface area contributed by atoms with Crippen molar-refractivity contribution in [3.8, 4) is 5.75 Å². The van der Waals surface area contributed by atoms with Crippen LogP contribution in [0.15, 0.2) is 34.8 Å². The van der Waals surface area contributed by atoms with Gasteiger partial charge in [0.15, 0.2) is 11.3 Å². The Morgan fingerprint density at radius 3 is 2.93 bits per heavy atom. The smallest absolute Gasteiger partial charge is 0.241 e. The normalized spacial score (nSPS) is 11.2. The average Bonchev–Trinajstić information content (AvgIpc) is 2.59. The number of primary amides is 1. The molecule has 2 aromatic rings. The van der Waals surface area contributed by atoms with Crippen molar-refractivity contribution in [2.75, 3.05) is 0 Å². The van der Waals surface area contributed by atoms with Crippen LogP contribution in [0.5, 0.6) is 5.75 Å². The molecule has 4 heteroatoms. The molecule has 76 valence electrons. The fraction of sp³-hybridized carbons (Fsp3) is 0. The van der Waals surface area contributed by atoms with Crippen molar-refractivity contribution in [1.29, 1.82) is 0 Å². The first-order chi connectivity index (χ1) is 7.16. The molecule has 0 bridgehead atoms. The third-order valence-corrected chi connectivity index (χ3v) is 1.95. The first-order valence-electron chi connectivity index (χ1n) is 4.36. The lowest BCUT2D eigenvalue weighted by Crippen LogP contribution is -2.04. The van der Waals surface area contributed by atoms with E-state index in [1.165, 1.54) is 18.2 Å². The molecule has 0 spiro atoms. The Balaban J connectivity index is 2.48. The number of hydrogen-bond donors (Lipinski definition) is 2. The zero-order valence-corrected chi connectivity index (χ0v) is 7.81. The van der Waals surface area contributed by atoms with Crippen LogP contribution in [0.2, 0.25) is 0 Å². The van der Waals surface area contributed by atoms with Gasteiger partial charge in [-0.3, -0.25) is 4.79 Å². The van der Waals surface area contributed by atoms with Gasteiger partial charge in [0.2, 0.25) is 5.91 Å². The highest BCUT2D eigenvalue weighted by Gasteiger charge is 2.04. The number of phenols is 1. The van der Waals surface area contributed by atoms with E-state index < -0.39 is 5.91 Å². The van der Waals surface area contributed by atoms with Gasteiger partial charge in [-0.15, -0.1) is 0 Å². The summed E-state index contributed by atoms with van der Waals surface area (Å²) in [4.78, 5) is 10.5. The molecule has 1 heterocycles. The number of carbonyl (C=O) groups excluding carboxylic acids is 1. The molecule has 0 aliphatic rings. The van der Waals surface area contributed by atoms with Crippen LogP contribution < -0.4 is 5.73 Å². The van der Waals surface area contributed by atoms with E-state index in [-0.39, 0.29) is 5.75 Å². The Morgan fingerprint density at radius 1 is 1.47 bits per heavy atom. The highest BCUT2D eigenvalue weighted by molar-refractivity contribution is 5.91. The van der Waals surface area contributed by atoms with Crippen LogP contribution in [-0.2, 0) is 4.79 Å². The fourth-order valence-electron chi connectivity index (χ4n) is 1.31. The van der Waals surface area contributed by atoms with E-state index in [4.69, 9.17) is 10.2 Å². The maximum Gasteiger partial charge on any atom is 0.241 e. The maximum atomic E-state index is 10.5. The van der Waals surface area contributed by atoms with Crippen molar-refractivity contribution < 1.29 is 14.3 Å². The molecule has 0 saturated carbocycles. The molecule has 4 nitrogen and oxygen atoms in total. The van der Waals surface area contributed by atoms with Crippen LogP contribution in [0.25, 0.3) is 17.0 Å². The van der Waals surface area contributed by atoms with Gasteiger partial charge in [-0.05, 0) is 18.2 Å². The highest BCUT2D eigenvalue weighted by Crippen LogP contribution is 2.27. The number of para-hydroxylation sites is 1. The molecule has 0 atom stereocenters. The van der Waals surface area contributed by atoms with Gasteiger partial charge in [0, 0.05) is 11.5 Å². The van der Waals surface area contributed by atoms with Crippen molar-refractivity contribution in [2.24, 2.45) is 5.73 Å². The molecule has 1 aromatic carbocycles. The van der Waals surface area contributed by atoms with Gasteiger partial charge in [0.05, 0.1) is 0 Å². The molecule has 1 amide bonds. The predicted octanol–water partition coefficient (Wildman–Crippen LogP) is 1.64. The van der Waals surface area contributed by atoms with Crippen LogP contribution in [0.4, 0.5) is 0 Å². The van der Waals surface area contributed by atoms with Crippen molar-refractivity contribution in [2.45, 2.75) is 0 Å². The van der Waals surface area contributed by atoms with E-state index in [1.807, 2.05) is 0 Å². The van der Waals surface area contributed by atoms with Gasteiger partial charge in [0.1, 0.15) is 5.76 Å². The molecule has 2 rings (SSSR count). The van der Waals surface area contributed by atoms with E-state index in [0.717, 1.165) is 5.39 Å². The molecule has 0 aliphatic carbocycles. The van der Waals surface area contributed by atoms with Gasteiger partial charge in [0.25, 0.3) is 0 Å². The van der Waals surface area contributed by atoms with Crippen molar-refractivity contribution in [3.05, 3.63) is 36.1 Å². The molecule has 0 aliphatic heterocycles. The number of nitrogens with two attached hydrogens (primary N) is 1. The molecular weight excluding hydrogens is 194 g/mol. The lowest BCUT2D eigenvalue weighted by Gasteiger charge is -1.90. The summed E-state index contributed by atoms with van der Waals surface area (Å²) in [6, 6.07) is 6.77. The summed E-state index contributed by atoms with van der Waals surface area (Å²) in [6.07, 6.45) is 2.66. The van der Waals surface area contributed by atoms with E-state index in [2.05, 4.69) is 0 Å². The zero-order chi connectivity index (χ0) is 10.8. The molecule has 0 saturated heterocycles. The van der Waals surface area contributed by atoms with Crippen LogP contribution in [0.3, 0.4) is 0 Å². The third-order valence-electron chi connectivity index (χ3n) is 1.95. The minimum atomic E-state index is -0.542. The molecule has 15 heavy (non-hydrogen) atoms. The third kappa shape index (κ3) is 1.83. The van der Waals surface area contributed by atoms with Gasteiger partial charge in [-0.1, -0.05) is 12.1 Å². The number of amides is 1. The Kier molecular flexibility index (Phi) is 2.17. The van der Waals surface area contributed by atoms with Gasteiger partial charge in [-0.25, -0.2) is 0 Å². The Morgan fingerprint density at radius 2 is 2.27 bits per heavy atom. The summed E-state index contributed by atoms with van der Waals surface area (Å²) < 4.78 is 5.30. The maximum absolute atomic E-state index is 10.5. The van der Waals surface area contributed by atoms with Crippen molar-refractivity contribution >= 4 is 23.0 Å². The quantitative estimate of drug-likeness (QED) is 0.728. The van der Waals surface area contributed by atoms with E-state index in [0.29, 0.717) is 11.3 Å². The SMILES string of the molecule is NC(=O)/C=C/c1cc2cccc(O)c2o1. The number of benzene rings is 1. The zero-order valence-electron chi connectivity index (χ0n) is 7.81. The second-order valence-corrected chi connectivity index (χ2v) is 3.08. The van der Waals surface area contributed by atoms with Gasteiger partial charge >= 0.3 is 0 Å². The number of phenolic OH excluding ortho intramolecular Hbond substituents is 1. The summed E-state index contributed by atoms with van der Waals surface area (Å²) in [7, 11) is 0. The Hall–Kier alpha value is -2.23. The van der Waals surface area contributed by atoms with Crippen LogP contribution in [0, 0.1) is 0 Å².